The van der Waals surface area contributed by atoms with Gasteiger partial charge in [-0.05, 0) is 77.5 Å². The molecule has 0 saturated carbocycles. The number of nitrogens with two attached hydrogens (primary N) is 1. The van der Waals surface area contributed by atoms with Crippen molar-refractivity contribution in [3.05, 3.63) is 82.9 Å². The van der Waals surface area contributed by atoms with Gasteiger partial charge in [0.1, 0.15) is 33.9 Å². The summed E-state index contributed by atoms with van der Waals surface area (Å²) in [4.78, 5) is 1.50. The Labute approximate surface area is 274 Å². The van der Waals surface area contributed by atoms with Crippen LogP contribution in [-0.4, -0.2) is 30.9 Å². The van der Waals surface area contributed by atoms with E-state index in [1.165, 1.54) is 9.91 Å². The minimum Gasteiger partial charge on any atom is -0.505 e. The fourth-order valence-corrected chi connectivity index (χ4v) is 6.18. The van der Waals surface area contributed by atoms with Crippen LogP contribution in [0, 0.1) is 5.41 Å². The predicted octanol–water partition coefficient (Wildman–Crippen LogP) is 8.85. The fraction of sp³-hybridized carbons (Fsp3) is 0.447. The number of anilines is 1. The van der Waals surface area contributed by atoms with Gasteiger partial charge in [-0.3, -0.25) is 0 Å². The largest absolute Gasteiger partial charge is 0.505 e. The van der Waals surface area contributed by atoms with Gasteiger partial charge in [-0.1, -0.05) is 99.1 Å². The van der Waals surface area contributed by atoms with Crippen molar-refractivity contribution >= 4 is 22.4 Å². The summed E-state index contributed by atoms with van der Waals surface area (Å²) < 4.78 is 0. The van der Waals surface area contributed by atoms with E-state index in [0.717, 1.165) is 47.1 Å². The number of aromatic hydroxyl groups is 2. The van der Waals surface area contributed by atoms with Crippen LogP contribution in [0.15, 0.2) is 65.8 Å². The van der Waals surface area contributed by atoms with Crippen LogP contribution in [0.25, 0.3) is 16.7 Å². The van der Waals surface area contributed by atoms with Crippen LogP contribution in [0.4, 0.5) is 5.69 Å². The van der Waals surface area contributed by atoms with E-state index in [-0.39, 0.29) is 34.2 Å². The highest BCUT2D eigenvalue weighted by Crippen LogP contribution is 2.43. The molecule has 0 saturated heterocycles. The molecule has 4 aromatic rings. The summed E-state index contributed by atoms with van der Waals surface area (Å²) in [6, 6.07) is 15.6. The lowest BCUT2D eigenvalue weighted by Gasteiger charge is -2.34. The number of hydrogen-bond donors (Lipinski definition) is 3. The highest BCUT2D eigenvalue weighted by Gasteiger charge is 2.30. The topological polar surface area (TPSA) is 113 Å². The molecule has 8 heteroatoms. The van der Waals surface area contributed by atoms with Crippen molar-refractivity contribution in [1.29, 1.82) is 0 Å². The SMILES string of the molecule is C/C=C\C(CCC)=N\N(N)c1cc(C(C)(C)CC(C)(C)C)cc(Cc2cc(C(C)(C)C)cc(-n3nc4ccccc4n3)c2O)c1O. The van der Waals surface area contributed by atoms with Crippen molar-refractivity contribution in [1.82, 2.24) is 15.0 Å². The molecule has 8 nitrogen and oxygen atoms in total. The van der Waals surface area contributed by atoms with Gasteiger partial charge in [-0.2, -0.15) is 10.2 Å². The van der Waals surface area contributed by atoms with Gasteiger partial charge in [0, 0.05) is 17.5 Å². The Morgan fingerprint density at radius 3 is 2.02 bits per heavy atom. The van der Waals surface area contributed by atoms with E-state index < -0.39 is 0 Å². The number of nitrogens with zero attached hydrogens (tertiary/aromatic N) is 5. The van der Waals surface area contributed by atoms with Gasteiger partial charge in [0.2, 0.25) is 0 Å². The fourth-order valence-electron chi connectivity index (χ4n) is 6.18. The zero-order valence-corrected chi connectivity index (χ0v) is 29.3. The average Bonchev–Trinajstić information content (AvgIpc) is 3.37. The number of phenols is 2. The van der Waals surface area contributed by atoms with Crippen molar-refractivity contribution < 1.29 is 10.2 Å². The van der Waals surface area contributed by atoms with Crippen LogP contribution < -0.4 is 11.0 Å². The third kappa shape index (κ3) is 7.97. The Morgan fingerprint density at radius 1 is 0.891 bits per heavy atom. The van der Waals surface area contributed by atoms with Gasteiger partial charge in [-0.15, -0.1) is 15.0 Å². The van der Waals surface area contributed by atoms with Gasteiger partial charge in [0.05, 0.1) is 5.71 Å². The lowest BCUT2D eigenvalue weighted by Crippen LogP contribution is -2.29. The number of phenolic OH excluding ortho intramolecular Hbond substituents is 2. The molecule has 4 N–H and O–H groups in total. The second-order valence-electron chi connectivity index (χ2n) is 15.2. The maximum Gasteiger partial charge on any atom is 0.146 e. The quantitative estimate of drug-likeness (QED) is 0.0923. The average molecular weight is 625 g/mol. The predicted molar refractivity (Wildman–Crippen MR) is 191 cm³/mol. The molecule has 0 atom stereocenters. The molecular weight excluding hydrogens is 572 g/mol. The lowest BCUT2D eigenvalue weighted by atomic mass is 9.72. The maximum atomic E-state index is 11.8. The zero-order valence-electron chi connectivity index (χ0n) is 29.3. The Balaban J connectivity index is 1.92. The molecule has 0 aliphatic carbocycles. The highest BCUT2D eigenvalue weighted by molar-refractivity contribution is 5.95. The molecule has 1 heterocycles. The first-order valence-corrected chi connectivity index (χ1v) is 16.2. The van der Waals surface area contributed by atoms with Crippen molar-refractivity contribution in [3.63, 3.8) is 0 Å². The van der Waals surface area contributed by atoms with Crippen molar-refractivity contribution in [2.24, 2.45) is 16.4 Å². The number of aromatic nitrogens is 3. The van der Waals surface area contributed by atoms with Crippen molar-refractivity contribution in [2.45, 2.75) is 106 Å². The van der Waals surface area contributed by atoms with Gasteiger partial charge in [-0.25, -0.2) is 5.84 Å². The van der Waals surface area contributed by atoms with Crippen LogP contribution in [0.2, 0.25) is 0 Å². The van der Waals surface area contributed by atoms with E-state index in [1.807, 2.05) is 67.6 Å². The van der Waals surface area contributed by atoms with Crippen LogP contribution >= 0.6 is 0 Å². The normalized spacial score (nSPS) is 13.2. The van der Waals surface area contributed by atoms with Gasteiger partial charge < -0.3 is 10.2 Å². The number of hydrogen-bond acceptors (Lipinski definition) is 7. The van der Waals surface area contributed by atoms with E-state index >= 15 is 0 Å². The number of benzene rings is 3. The second kappa shape index (κ2) is 13.3. The van der Waals surface area contributed by atoms with Crippen LogP contribution in [0.1, 0.15) is 111 Å². The summed E-state index contributed by atoms with van der Waals surface area (Å²) in [5.41, 5.74) is 6.17. The lowest BCUT2D eigenvalue weighted by molar-refractivity contribution is 0.284. The van der Waals surface area contributed by atoms with E-state index in [2.05, 4.69) is 77.6 Å². The summed E-state index contributed by atoms with van der Waals surface area (Å²) >= 11 is 0. The van der Waals surface area contributed by atoms with Gasteiger partial charge in [0.25, 0.3) is 0 Å². The Bertz CT molecular complexity index is 1720. The summed E-state index contributed by atoms with van der Waals surface area (Å²) in [6.07, 6.45) is 6.73. The molecule has 0 fully saturated rings. The van der Waals surface area contributed by atoms with Crippen LogP contribution in [0.3, 0.4) is 0 Å². The van der Waals surface area contributed by atoms with E-state index in [1.54, 1.807) is 0 Å². The monoisotopic (exact) mass is 624 g/mol. The summed E-state index contributed by atoms with van der Waals surface area (Å²) in [7, 11) is 0. The highest BCUT2D eigenvalue weighted by atomic mass is 16.3. The molecule has 246 valence electrons. The number of hydrazine groups is 1. The van der Waals surface area contributed by atoms with Crippen LogP contribution in [-0.2, 0) is 17.3 Å². The molecule has 0 aliphatic heterocycles. The summed E-state index contributed by atoms with van der Waals surface area (Å²) in [5.74, 6) is 6.68. The van der Waals surface area contributed by atoms with E-state index in [0.29, 0.717) is 22.5 Å². The molecule has 0 amide bonds. The van der Waals surface area contributed by atoms with E-state index in [4.69, 9.17) is 5.84 Å². The molecule has 3 aromatic carbocycles. The second-order valence-corrected chi connectivity index (χ2v) is 15.2. The van der Waals surface area contributed by atoms with Gasteiger partial charge >= 0.3 is 0 Å². The molecule has 0 aliphatic rings. The Kier molecular flexibility index (Phi) is 10.0. The summed E-state index contributed by atoms with van der Waals surface area (Å²) in [6.45, 7) is 21.6. The van der Waals surface area contributed by atoms with Gasteiger partial charge in [0.15, 0.2) is 0 Å². The third-order valence-electron chi connectivity index (χ3n) is 8.19. The molecule has 0 radical (unpaired) electrons. The standard InChI is InChI=1S/C38H52N6O2/c1-11-15-29(16-12-2)40-43(39)32-23-28(38(9,10)24-36(3,4)5)21-26(34(32)45)19-25-20-27(37(6,7)8)22-33(35(25)46)44-41-30-17-13-14-18-31(30)42-44/h11,13-15,17-18,20-23,45-46H,12,16,19,24,39H2,1-10H3/b15-11-,40-29-. The Hall–Kier alpha value is -4.17. The summed E-state index contributed by atoms with van der Waals surface area (Å²) in [5, 5.41) is 38.9. The molecule has 0 bridgehead atoms. The first-order chi connectivity index (χ1) is 21.4. The minimum absolute atomic E-state index is 0.0305. The third-order valence-corrected chi connectivity index (χ3v) is 8.19. The first-order valence-electron chi connectivity index (χ1n) is 16.2. The number of hydrazone groups is 1. The maximum absolute atomic E-state index is 11.8. The molecule has 4 rings (SSSR count). The number of allylic oxidation sites excluding steroid dienone is 2. The van der Waals surface area contributed by atoms with Crippen molar-refractivity contribution in [3.8, 4) is 17.2 Å². The van der Waals surface area contributed by atoms with Crippen molar-refractivity contribution in [2.75, 3.05) is 5.12 Å². The first kappa shape index (κ1) is 34.7. The molecular formula is C38H52N6O2. The smallest absolute Gasteiger partial charge is 0.146 e. The minimum atomic E-state index is -0.241. The molecule has 1 aromatic heterocycles. The molecule has 0 spiro atoms. The Morgan fingerprint density at radius 2 is 1.48 bits per heavy atom. The van der Waals surface area contributed by atoms with E-state index in [9.17, 15) is 10.2 Å². The van der Waals surface area contributed by atoms with Crippen LogP contribution in [0.5, 0.6) is 11.5 Å². The molecule has 46 heavy (non-hydrogen) atoms. The number of rotatable bonds is 10. The number of fused-ring (bicyclic) bond motifs is 1. The molecule has 0 unspecified atom stereocenters. The zero-order chi connectivity index (χ0) is 34.0.